The van der Waals surface area contributed by atoms with Gasteiger partial charge in [0.05, 0.1) is 18.9 Å². The predicted octanol–water partition coefficient (Wildman–Crippen LogP) is 5.09. The molecule has 162 valence electrons. The molecule has 0 unspecified atom stereocenters. The van der Waals surface area contributed by atoms with Gasteiger partial charge in [-0.2, -0.15) is 0 Å². The number of benzene rings is 3. The van der Waals surface area contributed by atoms with Crippen molar-refractivity contribution in [3.8, 4) is 5.75 Å². The Labute approximate surface area is 187 Å². The minimum absolute atomic E-state index is 0.318. The summed E-state index contributed by atoms with van der Waals surface area (Å²) >= 11 is 0. The Balaban J connectivity index is 1.74. The molecule has 0 spiro atoms. The summed E-state index contributed by atoms with van der Waals surface area (Å²) in [4.78, 5) is 26.1. The van der Waals surface area contributed by atoms with Crippen molar-refractivity contribution >= 4 is 17.6 Å². The zero-order valence-electron chi connectivity index (χ0n) is 17.7. The van der Waals surface area contributed by atoms with E-state index in [2.05, 4.69) is 5.32 Å². The van der Waals surface area contributed by atoms with E-state index in [0.717, 1.165) is 11.1 Å². The summed E-state index contributed by atoms with van der Waals surface area (Å²) in [6.45, 7) is 0. The number of amides is 1. The molecule has 3 aromatic carbocycles. The van der Waals surface area contributed by atoms with E-state index in [0.29, 0.717) is 11.4 Å². The zero-order chi connectivity index (χ0) is 22.5. The zero-order valence-corrected chi connectivity index (χ0v) is 17.7. The fraction of sp³-hybridized carbons (Fsp3) is 0.185. The number of rotatable bonds is 6. The highest BCUT2D eigenvalue weighted by Crippen LogP contribution is 2.45. The van der Waals surface area contributed by atoms with Gasteiger partial charge in [-0.3, -0.25) is 9.59 Å². The summed E-state index contributed by atoms with van der Waals surface area (Å²) in [7, 11) is 1.58. The van der Waals surface area contributed by atoms with Crippen molar-refractivity contribution in [2.75, 3.05) is 12.4 Å². The molecule has 0 fully saturated rings. The van der Waals surface area contributed by atoms with Crippen molar-refractivity contribution in [3.63, 3.8) is 0 Å². The van der Waals surface area contributed by atoms with Crippen LogP contribution in [0, 0.1) is 11.8 Å². The van der Waals surface area contributed by atoms with Gasteiger partial charge < -0.3 is 15.2 Å². The summed E-state index contributed by atoms with van der Waals surface area (Å²) in [6.07, 6.45) is 3.91. The van der Waals surface area contributed by atoms with Crippen LogP contribution in [0.3, 0.4) is 0 Å². The van der Waals surface area contributed by atoms with Crippen LogP contribution in [0.1, 0.15) is 23.0 Å². The molecule has 2 N–H and O–H groups in total. The van der Waals surface area contributed by atoms with Crippen molar-refractivity contribution in [3.05, 3.63) is 108 Å². The summed E-state index contributed by atoms with van der Waals surface area (Å²) in [5.74, 6) is -3.08. The number of ether oxygens (including phenoxy) is 1. The lowest BCUT2D eigenvalue weighted by molar-refractivity contribution is -0.147. The maximum absolute atomic E-state index is 13.6. The van der Waals surface area contributed by atoms with E-state index in [1.54, 1.807) is 31.4 Å². The Bertz CT molecular complexity index is 1090. The van der Waals surface area contributed by atoms with Crippen LogP contribution >= 0.6 is 0 Å². The number of carbonyl (C=O) groups is 2. The molecule has 3 aromatic rings. The van der Waals surface area contributed by atoms with Crippen molar-refractivity contribution in [1.82, 2.24) is 0 Å². The molecule has 0 radical (unpaired) electrons. The van der Waals surface area contributed by atoms with E-state index in [1.807, 2.05) is 72.8 Å². The lowest BCUT2D eigenvalue weighted by Gasteiger charge is -2.37. The van der Waals surface area contributed by atoms with E-state index < -0.39 is 23.7 Å². The molecular formula is C27H25NO4. The number of hydrogen-bond donors (Lipinski definition) is 2. The molecule has 1 amide bonds. The molecule has 5 heteroatoms. The molecule has 1 aliphatic rings. The first-order valence-electron chi connectivity index (χ1n) is 10.5. The number of allylic oxidation sites excluding steroid dienone is 2. The maximum Gasteiger partial charge on any atom is 0.308 e. The number of carbonyl (C=O) groups excluding carboxylic acids is 1. The molecule has 0 aromatic heterocycles. The van der Waals surface area contributed by atoms with Crippen LogP contribution in [0.25, 0.3) is 0 Å². The van der Waals surface area contributed by atoms with E-state index in [1.165, 1.54) is 0 Å². The summed E-state index contributed by atoms with van der Waals surface area (Å²) in [5.41, 5.74) is 2.39. The van der Waals surface area contributed by atoms with E-state index in [-0.39, 0.29) is 11.8 Å². The van der Waals surface area contributed by atoms with Gasteiger partial charge in [0.1, 0.15) is 5.75 Å². The second-order valence-electron chi connectivity index (χ2n) is 7.87. The first kappa shape index (κ1) is 21.4. The van der Waals surface area contributed by atoms with Gasteiger partial charge in [-0.15, -0.1) is 0 Å². The fourth-order valence-corrected chi connectivity index (χ4v) is 4.45. The minimum atomic E-state index is -0.987. The molecular weight excluding hydrogens is 402 g/mol. The fourth-order valence-electron chi connectivity index (χ4n) is 4.45. The maximum atomic E-state index is 13.6. The second kappa shape index (κ2) is 9.52. The Hall–Kier alpha value is -3.86. The average molecular weight is 428 g/mol. The topological polar surface area (TPSA) is 75.6 Å². The van der Waals surface area contributed by atoms with Crippen LogP contribution in [0.5, 0.6) is 5.75 Å². The number of carboxylic acid groups (broad SMARTS) is 1. The van der Waals surface area contributed by atoms with Gasteiger partial charge in [-0.1, -0.05) is 72.8 Å². The number of carboxylic acids is 1. The number of anilines is 1. The molecule has 5 nitrogen and oxygen atoms in total. The first-order chi connectivity index (χ1) is 15.6. The normalized spacial score (nSPS) is 22.2. The number of methoxy groups -OCH3 is 1. The monoisotopic (exact) mass is 427 g/mol. The molecule has 1 aliphatic carbocycles. The van der Waals surface area contributed by atoms with Gasteiger partial charge >= 0.3 is 5.97 Å². The number of nitrogens with one attached hydrogen (secondary N) is 1. The quantitative estimate of drug-likeness (QED) is 0.538. The van der Waals surface area contributed by atoms with Crippen LogP contribution in [-0.2, 0) is 9.59 Å². The largest absolute Gasteiger partial charge is 0.497 e. The van der Waals surface area contributed by atoms with Gasteiger partial charge in [-0.25, -0.2) is 0 Å². The van der Waals surface area contributed by atoms with Crippen LogP contribution in [0.15, 0.2) is 97.1 Å². The van der Waals surface area contributed by atoms with Gasteiger partial charge in [0.15, 0.2) is 0 Å². The highest BCUT2D eigenvalue weighted by atomic mass is 16.5. The standard InChI is InChI=1S/C27H25NO4/c1-32-21-14-12-20(13-15-21)28-26(29)24-22(18-8-4-2-5-9-18)16-17-23(25(24)27(30)31)19-10-6-3-7-11-19/h2-17,22-25H,1H3,(H,28,29)(H,30,31)/t22-,23+,24+,25-/m0/s1. The first-order valence-corrected chi connectivity index (χ1v) is 10.5. The van der Waals surface area contributed by atoms with Gasteiger partial charge in [0, 0.05) is 17.5 Å². The summed E-state index contributed by atoms with van der Waals surface area (Å²) in [6, 6.07) is 26.1. The molecule has 4 rings (SSSR count). The van der Waals surface area contributed by atoms with Crippen LogP contribution in [0.4, 0.5) is 5.69 Å². The van der Waals surface area contributed by atoms with Crippen molar-refractivity contribution in [1.29, 1.82) is 0 Å². The Morgan fingerprint density at radius 2 is 1.25 bits per heavy atom. The molecule has 0 saturated heterocycles. The molecule has 0 aliphatic heterocycles. The Kier molecular flexibility index (Phi) is 6.36. The third kappa shape index (κ3) is 4.42. The summed E-state index contributed by atoms with van der Waals surface area (Å²) in [5, 5.41) is 13.2. The summed E-state index contributed by atoms with van der Waals surface area (Å²) < 4.78 is 5.18. The highest BCUT2D eigenvalue weighted by Gasteiger charge is 2.46. The Morgan fingerprint density at radius 1 is 0.750 bits per heavy atom. The molecule has 32 heavy (non-hydrogen) atoms. The van der Waals surface area contributed by atoms with E-state index in [4.69, 9.17) is 4.74 Å². The number of hydrogen-bond acceptors (Lipinski definition) is 3. The van der Waals surface area contributed by atoms with Crippen molar-refractivity contribution in [2.24, 2.45) is 11.8 Å². The average Bonchev–Trinajstić information content (AvgIpc) is 2.84. The third-order valence-electron chi connectivity index (χ3n) is 6.00. The number of aliphatic carboxylic acids is 1. The molecule has 0 saturated carbocycles. The van der Waals surface area contributed by atoms with Gasteiger partial charge in [0.2, 0.25) is 5.91 Å². The smallest absolute Gasteiger partial charge is 0.308 e. The van der Waals surface area contributed by atoms with Gasteiger partial charge in [0.25, 0.3) is 0 Å². The highest BCUT2D eigenvalue weighted by molar-refractivity contribution is 5.96. The van der Waals surface area contributed by atoms with Gasteiger partial charge in [-0.05, 0) is 35.4 Å². The predicted molar refractivity (Wildman–Crippen MR) is 124 cm³/mol. The van der Waals surface area contributed by atoms with E-state index in [9.17, 15) is 14.7 Å². The minimum Gasteiger partial charge on any atom is -0.497 e. The third-order valence-corrected chi connectivity index (χ3v) is 6.00. The SMILES string of the molecule is COc1ccc(NC(=O)[C@H]2[C@@H](C(=O)O)[C@@H](c3ccccc3)C=C[C@H]2c2ccccc2)cc1. The van der Waals surface area contributed by atoms with Crippen LogP contribution < -0.4 is 10.1 Å². The van der Waals surface area contributed by atoms with Crippen molar-refractivity contribution in [2.45, 2.75) is 11.8 Å². The van der Waals surface area contributed by atoms with Crippen LogP contribution in [-0.4, -0.2) is 24.1 Å². The Morgan fingerprint density at radius 3 is 1.72 bits per heavy atom. The molecule has 4 atom stereocenters. The lowest BCUT2D eigenvalue weighted by atomic mass is 9.66. The lowest BCUT2D eigenvalue weighted by Crippen LogP contribution is -2.42. The van der Waals surface area contributed by atoms with Crippen molar-refractivity contribution < 1.29 is 19.4 Å². The van der Waals surface area contributed by atoms with E-state index >= 15 is 0 Å². The molecule has 0 heterocycles. The second-order valence-corrected chi connectivity index (χ2v) is 7.87. The van der Waals surface area contributed by atoms with Crippen LogP contribution in [0.2, 0.25) is 0 Å². The molecule has 0 bridgehead atoms.